The maximum absolute atomic E-state index is 5.25. The summed E-state index contributed by atoms with van der Waals surface area (Å²) >= 11 is 3.52. The van der Waals surface area contributed by atoms with E-state index < -0.39 is 0 Å². The topological polar surface area (TPSA) is 9.23 Å². The van der Waals surface area contributed by atoms with Crippen molar-refractivity contribution in [2.24, 2.45) is 0 Å². The smallest absolute Gasteiger partial charge is 0.119 e. The molecule has 0 atom stereocenters. The van der Waals surface area contributed by atoms with Crippen molar-refractivity contribution in [1.29, 1.82) is 0 Å². The number of rotatable bonds is 1. The zero-order valence-corrected chi connectivity index (χ0v) is 11.0. The van der Waals surface area contributed by atoms with E-state index in [1.807, 2.05) is 6.07 Å². The molecule has 17 heavy (non-hydrogen) atoms. The Morgan fingerprint density at radius 3 is 2.41 bits per heavy atom. The fourth-order valence-corrected chi connectivity index (χ4v) is 2.50. The first-order chi connectivity index (χ1) is 8.28. The maximum Gasteiger partial charge on any atom is 0.119 e. The molecule has 84 valence electrons. The monoisotopic (exact) mass is 286 g/mol. The second-order valence-electron chi connectivity index (χ2n) is 4.02. The normalized spacial score (nSPS) is 10.9. The van der Waals surface area contributed by atoms with Crippen molar-refractivity contribution >= 4 is 37.5 Å². The highest BCUT2D eigenvalue weighted by molar-refractivity contribution is 9.10. The second kappa shape index (κ2) is 4.04. The fraction of sp³-hybridized carbons (Fsp3) is 0.0667. The molecular formula is C15H11BrO. The van der Waals surface area contributed by atoms with Crippen LogP contribution in [0.2, 0.25) is 0 Å². The van der Waals surface area contributed by atoms with E-state index >= 15 is 0 Å². The zero-order valence-electron chi connectivity index (χ0n) is 9.41. The van der Waals surface area contributed by atoms with Gasteiger partial charge < -0.3 is 4.74 Å². The van der Waals surface area contributed by atoms with Crippen molar-refractivity contribution in [1.82, 2.24) is 0 Å². The highest BCUT2D eigenvalue weighted by Crippen LogP contribution is 2.30. The van der Waals surface area contributed by atoms with Gasteiger partial charge >= 0.3 is 0 Å². The first kappa shape index (κ1) is 10.6. The summed E-state index contributed by atoms with van der Waals surface area (Å²) in [6.07, 6.45) is 0. The second-order valence-corrected chi connectivity index (χ2v) is 4.93. The summed E-state index contributed by atoms with van der Waals surface area (Å²) in [6.45, 7) is 0. The molecule has 0 aliphatic carbocycles. The molecule has 0 aromatic heterocycles. The average molecular weight is 287 g/mol. The summed E-state index contributed by atoms with van der Waals surface area (Å²) in [7, 11) is 1.69. The van der Waals surface area contributed by atoms with Crippen LogP contribution >= 0.6 is 15.9 Å². The third-order valence-corrected chi connectivity index (χ3v) is 3.50. The van der Waals surface area contributed by atoms with Gasteiger partial charge in [0.15, 0.2) is 0 Å². The van der Waals surface area contributed by atoms with Gasteiger partial charge in [0.2, 0.25) is 0 Å². The average Bonchev–Trinajstić information content (AvgIpc) is 2.37. The molecule has 0 N–H and O–H groups in total. The Kier molecular flexibility index (Phi) is 2.52. The third kappa shape index (κ3) is 1.79. The van der Waals surface area contributed by atoms with E-state index in [2.05, 4.69) is 58.4 Å². The molecule has 0 fully saturated rings. The van der Waals surface area contributed by atoms with Crippen molar-refractivity contribution in [2.45, 2.75) is 0 Å². The van der Waals surface area contributed by atoms with Gasteiger partial charge in [0, 0.05) is 4.47 Å². The number of halogens is 1. The number of hydrogen-bond acceptors (Lipinski definition) is 1. The lowest BCUT2D eigenvalue weighted by atomic mass is 10.0. The molecule has 0 spiro atoms. The Labute approximate surface area is 108 Å². The van der Waals surface area contributed by atoms with Crippen LogP contribution < -0.4 is 4.74 Å². The van der Waals surface area contributed by atoms with Gasteiger partial charge in [-0.15, -0.1) is 0 Å². The lowest BCUT2D eigenvalue weighted by Crippen LogP contribution is -1.83. The molecule has 0 bridgehead atoms. The van der Waals surface area contributed by atoms with Crippen molar-refractivity contribution in [2.75, 3.05) is 7.11 Å². The Hall–Kier alpha value is -1.54. The minimum Gasteiger partial charge on any atom is -0.497 e. The Morgan fingerprint density at radius 1 is 0.824 bits per heavy atom. The van der Waals surface area contributed by atoms with Crippen LogP contribution in [0.15, 0.2) is 53.0 Å². The van der Waals surface area contributed by atoms with Gasteiger partial charge in [0.25, 0.3) is 0 Å². The maximum atomic E-state index is 5.25. The first-order valence-corrected chi connectivity index (χ1v) is 6.23. The highest BCUT2D eigenvalue weighted by Gasteiger charge is 2.02. The predicted octanol–water partition coefficient (Wildman–Crippen LogP) is 4.76. The van der Waals surface area contributed by atoms with Crippen molar-refractivity contribution in [3.05, 3.63) is 53.0 Å². The summed E-state index contributed by atoms with van der Waals surface area (Å²) in [5.74, 6) is 0.895. The lowest BCUT2D eigenvalue weighted by Gasteiger charge is -2.06. The van der Waals surface area contributed by atoms with Crippen LogP contribution in [0, 0.1) is 0 Å². The summed E-state index contributed by atoms with van der Waals surface area (Å²) in [5, 5.41) is 4.98. The van der Waals surface area contributed by atoms with Crippen molar-refractivity contribution < 1.29 is 4.74 Å². The van der Waals surface area contributed by atoms with E-state index in [0.29, 0.717) is 0 Å². The van der Waals surface area contributed by atoms with E-state index in [0.717, 1.165) is 10.2 Å². The number of benzene rings is 3. The standard InChI is InChI=1S/C15H11BrO/c1-17-13-6-7-14-11(8-13)3-2-10-4-5-12(16)9-15(10)14/h2-9H,1H3. The molecule has 0 saturated carbocycles. The van der Waals surface area contributed by atoms with Gasteiger partial charge in [-0.2, -0.15) is 0 Å². The largest absolute Gasteiger partial charge is 0.497 e. The Balaban J connectivity index is 2.42. The predicted molar refractivity (Wildman–Crippen MR) is 75.7 cm³/mol. The molecule has 0 radical (unpaired) electrons. The van der Waals surface area contributed by atoms with Gasteiger partial charge in [0.05, 0.1) is 7.11 Å². The summed E-state index contributed by atoms with van der Waals surface area (Å²) in [4.78, 5) is 0. The molecule has 3 aromatic rings. The molecule has 1 nitrogen and oxygen atoms in total. The molecular weight excluding hydrogens is 276 g/mol. The van der Waals surface area contributed by atoms with Crippen molar-refractivity contribution in [3.63, 3.8) is 0 Å². The molecule has 0 aliphatic rings. The molecule has 3 rings (SSSR count). The van der Waals surface area contributed by atoms with E-state index in [4.69, 9.17) is 4.74 Å². The summed E-state index contributed by atoms with van der Waals surface area (Å²) < 4.78 is 6.35. The molecule has 3 aromatic carbocycles. The number of ether oxygens (including phenoxy) is 1. The number of fused-ring (bicyclic) bond motifs is 3. The van der Waals surface area contributed by atoms with Crippen LogP contribution in [0.25, 0.3) is 21.5 Å². The zero-order chi connectivity index (χ0) is 11.8. The lowest BCUT2D eigenvalue weighted by molar-refractivity contribution is 0.415. The minimum absolute atomic E-state index is 0.895. The first-order valence-electron chi connectivity index (χ1n) is 5.44. The number of methoxy groups -OCH3 is 1. The molecule has 0 aliphatic heterocycles. The third-order valence-electron chi connectivity index (χ3n) is 3.01. The number of hydrogen-bond donors (Lipinski definition) is 0. The molecule has 0 heterocycles. The summed E-state index contributed by atoms with van der Waals surface area (Å²) in [5.41, 5.74) is 0. The SMILES string of the molecule is COc1ccc2c(ccc3ccc(Br)cc32)c1. The molecule has 0 amide bonds. The summed E-state index contributed by atoms with van der Waals surface area (Å²) in [6, 6.07) is 16.8. The van der Waals surface area contributed by atoms with Crippen LogP contribution in [0.4, 0.5) is 0 Å². The van der Waals surface area contributed by atoms with Crippen LogP contribution in [-0.4, -0.2) is 7.11 Å². The van der Waals surface area contributed by atoms with E-state index in [1.165, 1.54) is 21.5 Å². The Bertz CT molecular complexity index is 704. The molecule has 0 unspecified atom stereocenters. The highest BCUT2D eigenvalue weighted by atomic mass is 79.9. The van der Waals surface area contributed by atoms with Crippen LogP contribution in [-0.2, 0) is 0 Å². The van der Waals surface area contributed by atoms with Gasteiger partial charge in [-0.25, -0.2) is 0 Å². The van der Waals surface area contributed by atoms with Gasteiger partial charge in [-0.1, -0.05) is 40.2 Å². The Morgan fingerprint density at radius 2 is 1.59 bits per heavy atom. The molecule has 2 heteroatoms. The van der Waals surface area contributed by atoms with Crippen LogP contribution in [0.3, 0.4) is 0 Å². The van der Waals surface area contributed by atoms with Crippen LogP contribution in [0.1, 0.15) is 0 Å². The van der Waals surface area contributed by atoms with Gasteiger partial charge in [-0.3, -0.25) is 0 Å². The quantitative estimate of drug-likeness (QED) is 0.586. The minimum atomic E-state index is 0.895. The van der Waals surface area contributed by atoms with E-state index in [1.54, 1.807) is 7.11 Å². The van der Waals surface area contributed by atoms with Gasteiger partial charge in [0.1, 0.15) is 5.75 Å². The van der Waals surface area contributed by atoms with Gasteiger partial charge in [-0.05, 0) is 45.8 Å². The molecule has 0 saturated heterocycles. The van der Waals surface area contributed by atoms with E-state index in [-0.39, 0.29) is 0 Å². The van der Waals surface area contributed by atoms with Crippen LogP contribution in [0.5, 0.6) is 5.75 Å². The van der Waals surface area contributed by atoms with Crippen molar-refractivity contribution in [3.8, 4) is 5.75 Å². The van der Waals surface area contributed by atoms with E-state index in [9.17, 15) is 0 Å². The fourth-order valence-electron chi connectivity index (χ4n) is 2.14.